The first kappa shape index (κ1) is 9.97. The molecule has 0 saturated carbocycles. The third-order valence-corrected chi connectivity index (χ3v) is 2.53. The Kier molecular flexibility index (Phi) is 3.18. The highest BCUT2D eigenvalue weighted by atomic mass is 14.9. The third kappa shape index (κ3) is 2.27. The van der Waals surface area contributed by atoms with E-state index in [1.54, 1.807) is 0 Å². The van der Waals surface area contributed by atoms with E-state index < -0.39 is 0 Å². The number of aromatic nitrogens is 1. The van der Waals surface area contributed by atoms with Crippen LogP contribution in [-0.2, 0) is 0 Å². The Morgan fingerprint density at radius 3 is 3.07 bits per heavy atom. The molecule has 78 valence electrons. The number of unbranched alkanes of at least 4 members (excludes halogenated alkanes) is 1. The van der Waals surface area contributed by atoms with E-state index in [2.05, 4.69) is 41.5 Å². The van der Waals surface area contributed by atoms with Crippen LogP contribution in [0.4, 0.5) is 5.69 Å². The van der Waals surface area contributed by atoms with Crippen LogP contribution in [0.2, 0.25) is 0 Å². The van der Waals surface area contributed by atoms with Crippen LogP contribution < -0.4 is 5.32 Å². The summed E-state index contributed by atoms with van der Waals surface area (Å²) in [7, 11) is 0. The van der Waals surface area contributed by atoms with Crippen molar-refractivity contribution in [2.45, 2.75) is 19.8 Å². The van der Waals surface area contributed by atoms with Gasteiger partial charge < -0.3 is 5.32 Å². The van der Waals surface area contributed by atoms with Crippen molar-refractivity contribution in [1.29, 1.82) is 0 Å². The average molecular weight is 200 g/mol. The Bertz CT molecular complexity index is 432. The lowest BCUT2D eigenvalue weighted by atomic mass is 10.1. The summed E-state index contributed by atoms with van der Waals surface area (Å²) in [5.74, 6) is 0. The molecular weight excluding hydrogens is 184 g/mol. The molecule has 0 atom stereocenters. The maximum atomic E-state index is 4.12. The fourth-order valence-corrected chi connectivity index (χ4v) is 1.68. The number of anilines is 1. The highest BCUT2D eigenvalue weighted by Crippen LogP contribution is 2.21. The lowest BCUT2D eigenvalue weighted by Gasteiger charge is -2.08. The summed E-state index contributed by atoms with van der Waals surface area (Å²) >= 11 is 0. The van der Waals surface area contributed by atoms with Gasteiger partial charge in [-0.3, -0.25) is 4.98 Å². The van der Waals surface area contributed by atoms with Crippen molar-refractivity contribution >= 4 is 16.5 Å². The van der Waals surface area contributed by atoms with E-state index in [1.165, 1.54) is 29.3 Å². The van der Waals surface area contributed by atoms with Crippen LogP contribution in [0.1, 0.15) is 19.8 Å². The summed E-state index contributed by atoms with van der Waals surface area (Å²) in [6.07, 6.45) is 6.18. The molecule has 1 aromatic carbocycles. The van der Waals surface area contributed by atoms with Gasteiger partial charge in [-0.25, -0.2) is 0 Å². The fourth-order valence-electron chi connectivity index (χ4n) is 1.68. The molecule has 0 aliphatic heterocycles. The van der Waals surface area contributed by atoms with Crippen LogP contribution in [0, 0.1) is 0 Å². The normalized spacial score (nSPS) is 10.5. The van der Waals surface area contributed by atoms with Crippen LogP contribution in [0.3, 0.4) is 0 Å². The summed E-state index contributed by atoms with van der Waals surface area (Å²) in [6.45, 7) is 3.24. The largest absolute Gasteiger partial charge is 0.385 e. The van der Waals surface area contributed by atoms with E-state index >= 15 is 0 Å². The molecule has 0 aliphatic rings. The van der Waals surface area contributed by atoms with Crippen molar-refractivity contribution in [1.82, 2.24) is 4.98 Å². The zero-order chi connectivity index (χ0) is 10.5. The smallest absolute Gasteiger partial charge is 0.0420 e. The molecule has 1 heterocycles. The zero-order valence-corrected chi connectivity index (χ0v) is 9.03. The molecule has 0 amide bonds. The van der Waals surface area contributed by atoms with Crippen LogP contribution in [0.25, 0.3) is 10.8 Å². The zero-order valence-electron chi connectivity index (χ0n) is 9.03. The number of pyridine rings is 1. The van der Waals surface area contributed by atoms with Crippen LogP contribution >= 0.6 is 0 Å². The Morgan fingerprint density at radius 1 is 1.27 bits per heavy atom. The van der Waals surface area contributed by atoms with Gasteiger partial charge in [0.1, 0.15) is 0 Å². The van der Waals surface area contributed by atoms with Gasteiger partial charge in [-0.15, -0.1) is 0 Å². The predicted molar refractivity (Wildman–Crippen MR) is 65.1 cm³/mol. The Balaban J connectivity index is 2.26. The molecule has 1 N–H and O–H groups in total. The van der Waals surface area contributed by atoms with Crippen molar-refractivity contribution in [2.24, 2.45) is 0 Å². The molecule has 2 heteroatoms. The van der Waals surface area contributed by atoms with E-state index in [-0.39, 0.29) is 0 Å². The molecule has 1 aromatic heterocycles. The molecule has 0 unspecified atom stereocenters. The summed E-state index contributed by atoms with van der Waals surface area (Å²) in [4.78, 5) is 4.12. The predicted octanol–water partition coefficient (Wildman–Crippen LogP) is 3.45. The van der Waals surface area contributed by atoms with E-state index in [0.29, 0.717) is 0 Å². The highest BCUT2D eigenvalue weighted by Gasteiger charge is 1.98. The first-order valence-electron chi connectivity index (χ1n) is 5.48. The Labute approximate surface area is 90.3 Å². The minimum Gasteiger partial charge on any atom is -0.385 e. The molecular formula is C13H16N2. The molecule has 0 spiro atoms. The van der Waals surface area contributed by atoms with Gasteiger partial charge in [-0.05, 0) is 18.6 Å². The summed E-state index contributed by atoms with van der Waals surface area (Å²) in [6, 6.07) is 8.34. The summed E-state index contributed by atoms with van der Waals surface area (Å²) in [5, 5.41) is 5.91. The van der Waals surface area contributed by atoms with Crippen molar-refractivity contribution in [3.8, 4) is 0 Å². The van der Waals surface area contributed by atoms with Gasteiger partial charge in [0.2, 0.25) is 0 Å². The number of fused-ring (bicyclic) bond motifs is 1. The lowest BCUT2D eigenvalue weighted by molar-refractivity contribution is 0.835. The molecule has 0 saturated heterocycles. The second-order valence-corrected chi connectivity index (χ2v) is 3.68. The minimum atomic E-state index is 1.04. The summed E-state index contributed by atoms with van der Waals surface area (Å²) < 4.78 is 0. The first-order valence-corrected chi connectivity index (χ1v) is 5.48. The van der Waals surface area contributed by atoms with Gasteiger partial charge in [-0.2, -0.15) is 0 Å². The van der Waals surface area contributed by atoms with Crippen molar-refractivity contribution in [3.63, 3.8) is 0 Å². The number of hydrogen-bond acceptors (Lipinski definition) is 2. The second kappa shape index (κ2) is 4.78. The van der Waals surface area contributed by atoms with Gasteiger partial charge in [0.25, 0.3) is 0 Å². The molecule has 0 radical (unpaired) electrons. The molecule has 15 heavy (non-hydrogen) atoms. The van der Waals surface area contributed by atoms with Gasteiger partial charge in [0, 0.05) is 35.4 Å². The van der Waals surface area contributed by atoms with Crippen LogP contribution in [0.5, 0.6) is 0 Å². The number of nitrogens with zero attached hydrogens (tertiary/aromatic N) is 1. The maximum Gasteiger partial charge on any atom is 0.0420 e. The van der Waals surface area contributed by atoms with Crippen molar-refractivity contribution in [2.75, 3.05) is 11.9 Å². The molecule has 0 fully saturated rings. The minimum absolute atomic E-state index is 1.04. The first-order chi connectivity index (χ1) is 7.42. The summed E-state index contributed by atoms with van der Waals surface area (Å²) in [5.41, 5.74) is 1.21. The van der Waals surface area contributed by atoms with E-state index in [0.717, 1.165) is 6.54 Å². The number of benzene rings is 1. The average Bonchev–Trinajstić information content (AvgIpc) is 2.30. The van der Waals surface area contributed by atoms with Gasteiger partial charge in [-0.1, -0.05) is 25.5 Å². The van der Waals surface area contributed by atoms with Gasteiger partial charge >= 0.3 is 0 Å². The molecule has 2 nitrogen and oxygen atoms in total. The topological polar surface area (TPSA) is 24.9 Å². The van der Waals surface area contributed by atoms with Crippen LogP contribution in [-0.4, -0.2) is 11.5 Å². The Hall–Kier alpha value is -1.57. The molecule has 2 aromatic rings. The van der Waals surface area contributed by atoms with Gasteiger partial charge in [0.05, 0.1) is 0 Å². The lowest BCUT2D eigenvalue weighted by Crippen LogP contribution is -2.01. The second-order valence-electron chi connectivity index (χ2n) is 3.68. The van der Waals surface area contributed by atoms with Crippen molar-refractivity contribution < 1.29 is 0 Å². The number of hydrogen-bond donors (Lipinski definition) is 1. The van der Waals surface area contributed by atoms with E-state index in [9.17, 15) is 0 Å². The quantitative estimate of drug-likeness (QED) is 0.765. The van der Waals surface area contributed by atoms with Gasteiger partial charge in [0.15, 0.2) is 0 Å². The molecule has 2 rings (SSSR count). The maximum absolute atomic E-state index is 4.12. The van der Waals surface area contributed by atoms with Crippen molar-refractivity contribution in [3.05, 3.63) is 36.7 Å². The Morgan fingerprint density at radius 2 is 2.20 bits per heavy atom. The molecule has 0 aliphatic carbocycles. The standard InChI is InChI=1S/C13H16N2/c1-2-3-8-15-13-6-4-5-11-10-14-9-7-12(11)13/h4-7,9-10,15H,2-3,8H2,1H3. The SMILES string of the molecule is CCCCNc1cccc2cnccc12. The van der Waals surface area contributed by atoms with E-state index in [1.807, 2.05) is 12.4 Å². The fraction of sp³-hybridized carbons (Fsp3) is 0.308. The highest BCUT2D eigenvalue weighted by molar-refractivity contribution is 5.93. The monoisotopic (exact) mass is 200 g/mol. The third-order valence-electron chi connectivity index (χ3n) is 2.53. The van der Waals surface area contributed by atoms with E-state index in [4.69, 9.17) is 0 Å². The number of nitrogens with one attached hydrogen (secondary N) is 1. The number of rotatable bonds is 4. The van der Waals surface area contributed by atoms with Crippen LogP contribution in [0.15, 0.2) is 36.7 Å². The molecule has 0 bridgehead atoms.